The summed E-state index contributed by atoms with van der Waals surface area (Å²) in [5, 5.41) is 0.811. The number of hydrogen-bond acceptors (Lipinski definition) is 4. The third kappa shape index (κ3) is 3.41. The number of carbonyl (C=O) groups excluding carboxylic acids is 2. The van der Waals surface area contributed by atoms with Crippen LogP contribution >= 0.6 is 23.2 Å². The van der Waals surface area contributed by atoms with E-state index in [1.165, 1.54) is 11.0 Å². The van der Waals surface area contributed by atoms with Gasteiger partial charge in [0.25, 0.3) is 5.91 Å². The number of rotatable bonds is 3. The Morgan fingerprint density at radius 3 is 2.81 bits per heavy atom. The first-order valence-corrected chi connectivity index (χ1v) is 7.13. The highest BCUT2D eigenvalue weighted by Crippen LogP contribution is 2.28. The van der Waals surface area contributed by atoms with Gasteiger partial charge in [-0.2, -0.15) is 0 Å². The Labute approximate surface area is 132 Å². The Balaban J connectivity index is 2.03. The smallest absolute Gasteiger partial charge is 0.331 e. The predicted molar refractivity (Wildman–Crippen MR) is 78.7 cm³/mol. The number of amides is 1. The van der Waals surface area contributed by atoms with E-state index in [2.05, 4.69) is 0 Å². The van der Waals surface area contributed by atoms with Crippen molar-refractivity contribution < 1.29 is 19.1 Å². The molecule has 0 unspecified atom stereocenters. The van der Waals surface area contributed by atoms with Crippen molar-refractivity contribution in [1.29, 1.82) is 0 Å². The number of nitrogens with zero attached hydrogens (tertiary/aromatic N) is 1. The summed E-state index contributed by atoms with van der Waals surface area (Å²) in [7, 11) is 0. The third-order valence-electron chi connectivity index (χ3n) is 3.27. The average Bonchev–Trinajstić information content (AvgIpc) is 2.40. The van der Waals surface area contributed by atoms with Gasteiger partial charge in [-0.05, 0) is 32.0 Å². The number of halogens is 2. The first-order valence-electron chi connectivity index (χ1n) is 6.38. The molecule has 1 aliphatic rings. The fraction of sp³-hybridized carbons (Fsp3) is 0.429. The summed E-state index contributed by atoms with van der Waals surface area (Å²) in [6, 6.07) is 4.74. The summed E-state index contributed by atoms with van der Waals surface area (Å²) in [4.78, 5) is 25.4. The molecule has 0 N–H and O–H groups in total. The lowest BCUT2D eigenvalue weighted by molar-refractivity contribution is -0.172. The van der Waals surface area contributed by atoms with Gasteiger partial charge in [0.1, 0.15) is 17.9 Å². The molecule has 5 nitrogen and oxygen atoms in total. The normalized spacial score (nSPS) is 17.3. The van der Waals surface area contributed by atoms with Crippen molar-refractivity contribution in [3.8, 4) is 5.75 Å². The standard InChI is InChI=1S/C14H15Cl2NO4/c1-14(2)13(19)20-6-5-17(14)12(18)8-21-11-4-3-9(15)7-10(11)16/h3-4,7H,5-6,8H2,1-2H3. The quantitative estimate of drug-likeness (QED) is 0.798. The van der Waals surface area contributed by atoms with Crippen molar-refractivity contribution in [1.82, 2.24) is 4.90 Å². The monoisotopic (exact) mass is 331 g/mol. The van der Waals surface area contributed by atoms with Crippen LogP contribution in [0.15, 0.2) is 18.2 Å². The number of esters is 1. The number of benzene rings is 1. The molecule has 21 heavy (non-hydrogen) atoms. The fourth-order valence-electron chi connectivity index (χ4n) is 2.04. The van der Waals surface area contributed by atoms with Gasteiger partial charge in [-0.15, -0.1) is 0 Å². The van der Waals surface area contributed by atoms with E-state index in [0.717, 1.165) is 0 Å². The molecule has 0 aromatic heterocycles. The Morgan fingerprint density at radius 1 is 1.43 bits per heavy atom. The van der Waals surface area contributed by atoms with Crippen molar-refractivity contribution in [2.45, 2.75) is 19.4 Å². The lowest BCUT2D eigenvalue weighted by Crippen LogP contribution is -2.59. The molecule has 0 aliphatic carbocycles. The molecular weight excluding hydrogens is 317 g/mol. The molecule has 1 fully saturated rings. The van der Waals surface area contributed by atoms with E-state index in [-0.39, 0.29) is 19.1 Å². The molecule has 0 saturated carbocycles. The molecule has 1 amide bonds. The third-order valence-corrected chi connectivity index (χ3v) is 3.80. The molecule has 114 valence electrons. The predicted octanol–water partition coefficient (Wildman–Crippen LogP) is 2.54. The van der Waals surface area contributed by atoms with Crippen LogP contribution in [0.1, 0.15) is 13.8 Å². The molecule has 1 saturated heterocycles. The van der Waals surface area contributed by atoms with Crippen molar-refractivity contribution in [2.75, 3.05) is 19.8 Å². The van der Waals surface area contributed by atoms with Gasteiger partial charge < -0.3 is 14.4 Å². The molecule has 0 bridgehead atoms. The van der Waals surface area contributed by atoms with E-state index >= 15 is 0 Å². The molecule has 1 aromatic carbocycles. The van der Waals surface area contributed by atoms with Crippen LogP contribution in [0, 0.1) is 0 Å². The van der Waals surface area contributed by atoms with E-state index in [4.69, 9.17) is 32.7 Å². The summed E-state index contributed by atoms with van der Waals surface area (Å²) in [6.07, 6.45) is 0. The lowest BCUT2D eigenvalue weighted by atomic mass is 10.0. The maximum atomic E-state index is 12.2. The number of ether oxygens (including phenoxy) is 2. The van der Waals surface area contributed by atoms with Crippen molar-refractivity contribution >= 4 is 35.1 Å². The van der Waals surface area contributed by atoms with Crippen LogP contribution in [0.3, 0.4) is 0 Å². The molecule has 1 heterocycles. The average molecular weight is 332 g/mol. The highest BCUT2D eigenvalue weighted by atomic mass is 35.5. The number of morpholine rings is 1. The zero-order chi connectivity index (χ0) is 15.6. The van der Waals surface area contributed by atoms with Gasteiger partial charge in [-0.25, -0.2) is 4.79 Å². The minimum Gasteiger partial charge on any atom is -0.482 e. The molecule has 0 spiro atoms. The van der Waals surface area contributed by atoms with Gasteiger partial charge in [0, 0.05) is 5.02 Å². The highest BCUT2D eigenvalue weighted by Gasteiger charge is 2.42. The van der Waals surface area contributed by atoms with E-state index in [9.17, 15) is 9.59 Å². The van der Waals surface area contributed by atoms with Crippen molar-refractivity contribution in [2.24, 2.45) is 0 Å². The Kier molecular flexibility index (Phi) is 4.64. The molecule has 1 aromatic rings. The molecule has 1 aliphatic heterocycles. The lowest BCUT2D eigenvalue weighted by Gasteiger charge is -2.39. The molecule has 7 heteroatoms. The van der Waals surface area contributed by atoms with Gasteiger partial charge in [-0.1, -0.05) is 23.2 Å². The summed E-state index contributed by atoms with van der Waals surface area (Å²) < 4.78 is 10.4. The maximum absolute atomic E-state index is 12.2. The van der Waals surface area contributed by atoms with Crippen LogP contribution in [0.4, 0.5) is 0 Å². The Hall–Kier alpha value is -1.46. The van der Waals surface area contributed by atoms with E-state index < -0.39 is 11.5 Å². The van der Waals surface area contributed by atoms with Gasteiger partial charge in [0.15, 0.2) is 6.61 Å². The van der Waals surface area contributed by atoms with Crippen molar-refractivity contribution in [3.05, 3.63) is 28.2 Å². The minimum absolute atomic E-state index is 0.190. The largest absolute Gasteiger partial charge is 0.482 e. The summed E-state index contributed by atoms with van der Waals surface area (Å²) >= 11 is 11.8. The van der Waals surface area contributed by atoms with Crippen LogP contribution in [0.25, 0.3) is 0 Å². The number of cyclic esters (lactones) is 1. The van der Waals surface area contributed by atoms with Crippen LogP contribution in [-0.4, -0.2) is 42.1 Å². The van der Waals surface area contributed by atoms with Crippen LogP contribution in [0.5, 0.6) is 5.75 Å². The van der Waals surface area contributed by atoms with E-state index in [1.807, 2.05) is 0 Å². The number of carbonyl (C=O) groups is 2. The fourth-order valence-corrected chi connectivity index (χ4v) is 2.51. The highest BCUT2D eigenvalue weighted by molar-refractivity contribution is 6.35. The zero-order valence-corrected chi connectivity index (χ0v) is 13.2. The molecule has 0 atom stereocenters. The van der Waals surface area contributed by atoms with Crippen molar-refractivity contribution in [3.63, 3.8) is 0 Å². The summed E-state index contributed by atoms with van der Waals surface area (Å²) in [5.74, 6) is -0.360. The van der Waals surface area contributed by atoms with Crippen LogP contribution < -0.4 is 4.74 Å². The van der Waals surface area contributed by atoms with E-state index in [1.54, 1.807) is 26.0 Å². The van der Waals surface area contributed by atoms with Gasteiger partial charge >= 0.3 is 5.97 Å². The van der Waals surface area contributed by atoms with Gasteiger partial charge in [0.2, 0.25) is 0 Å². The minimum atomic E-state index is -0.998. The second-order valence-corrected chi connectivity index (χ2v) is 5.95. The first kappa shape index (κ1) is 15.9. The van der Waals surface area contributed by atoms with Crippen LogP contribution in [0.2, 0.25) is 10.0 Å². The zero-order valence-electron chi connectivity index (χ0n) is 11.7. The Morgan fingerprint density at radius 2 is 2.14 bits per heavy atom. The Bertz CT molecular complexity index is 574. The van der Waals surface area contributed by atoms with Gasteiger partial charge in [-0.3, -0.25) is 4.79 Å². The van der Waals surface area contributed by atoms with E-state index in [0.29, 0.717) is 22.3 Å². The maximum Gasteiger partial charge on any atom is 0.331 e. The first-order chi connectivity index (χ1) is 9.82. The second kappa shape index (κ2) is 6.12. The molecule has 0 radical (unpaired) electrons. The van der Waals surface area contributed by atoms with Crippen LogP contribution in [-0.2, 0) is 14.3 Å². The SMILES string of the molecule is CC1(C)C(=O)OCCN1C(=O)COc1ccc(Cl)cc1Cl. The number of hydrogen-bond donors (Lipinski definition) is 0. The summed E-state index contributed by atoms with van der Waals surface area (Å²) in [6.45, 7) is 3.60. The summed E-state index contributed by atoms with van der Waals surface area (Å²) in [5.41, 5.74) is -0.998. The molecular formula is C14H15Cl2NO4. The second-order valence-electron chi connectivity index (χ2n) is 5.10. The topological polar surface area (TPSA) is 55.8 Å². The van der Waals surface area contributed by atoms with Gasteiger partial charge in [0.05, 0.1) is 11.6 Å². The molecule has 2 rings (SSSR count).